The van der Waals surface area contributed by atoms with Crippen LogP contribution in [0.25, 0.3) is 9.88 Å². The zero-order valence-electron chi connectivity index (χ0n) is 14.9. The lowest BCUT2D eigenvalue weighted by Crippen LogP contribution is -2.50. The Kier molecular flexibility index (Phi) is 5.97. The second-order valence-electron chi connectivity index (χ2n) is 6.28. The zero-order chi connectivity index (χ0) is 20.6. The fourth-order valence-corrected chi connectivity index (χ4v) is 6.46. The van der Waals surface area contributed by atoms with Gasteiger partial charge in [-0.15, -0.1) is 22.7 Å². The van der Waals surface area contributed by atoms with Gasteiger partial charge >= 0.3 is 0 Å². The Morgan fingerprint density at radius 1 is 1.07 bits per heavy atom. The number of nitrogens with zero attached hydrogens (tertiary/aromatic N) is 3. The molecule has 1 aliphatic rings. The molecule has 4 rings (SSSR count). The van der Waals surface area contributed by atoms with Crippen molar-refractivity contribution < 1.29 is 13.2 Å². The fourth-order valence-electron chi connectivity index (χ4n) is 2.96. The van der Waals surface area contributed by atoms with E-state index in [4.69, 9.17) is 23.2 Å². The van der Waals surface area contributed by atoms with Crippen molar-refractivity contribution in [1.82, 2.24) is 14.2 Å². The van der Waals surface area contributed by atoms with E-state index in [1.54, 1.807) is 22.4 Å². The van der Waals surface area contributed by atoms with Crippen LogP contribution in [0.5, 0.6) is 0 Å². The predicted molar refractivity (Wildman–Crippen MR) is 117 cm³/mol. The van der Waals surface area contributed by atoms with Crippen molar-refractivity contribution in [3.05, 3.63) is 56.8 Å². The minimum atomic E-state index is -3.70. The van der Waals surface area contributed by atoms with Crippen LogP contribution in [0.1, 0.15) is 9.67 Å². The molecule has 0 saturated carbocycles. The van der Waals surface area contributed by atoms with Crippen LogP contribution in [0, 0.1) is 0 Å². The number of sulfonamides is 1. The first-order chi connectivity index (χ1) is 13.9. The number of hydrogen-bond acceptors (Lipinski definition) is 6. The highest BCUT2D eigenvalue weighted by Crippen LogP contribution is 2.30. The number of carbonyl (C=O) groups excluding carboxylic acids is 1. The number of thiazole rings is 1. The van der Waals surface area contributed by atoms with Gasteiger partial charge < -0.3 is 4.90 Å². The van der Waals surface area contributed by atoms with Crippen LogP contribution in [0.15, 0.2) is 46.8 Å². The molecule has 3 aromatic rings. The summed E-state index contributed by atoms with van der Waals surface area (Å²) < 4.78 is 27.1. The van der Waals surface area contributed by atoms with Crippen LogP contribution in [-0.2, 0) is 10.0 Å². The zero-order valence-corrected chi connectivity index (χ0v) is 18.9. The van der Waals surface area contributed by atoms with Crippen molar-refractivity contribution in [3.63, 3.8) is 0 Å². The first kappa shape index (κ1) is 20.8. The number of hydrogen-bond donors (Lipinski definition) is 0. The molecule has 1 aliphatic heterocycles. The van der Waals surface area contributed by atoms with Crippen molar-refractivity contribution in [2.24, 2.45) is 0 Å². The standard InChI is InChI=1S/C18H15Cl2N3O3S3/c19-13-4-3-12(10-14(13)20)29(25,26)23-7-5-22(6-8-23)18(24)16-11-21-17(28-16)15-2-1-9-27-15/h1-4,9-11H,5-8H2. The molecular weight excluding hydrogens is 473 g/mol. The molecule has 0 radical (unpaired) electrons. The van der Waals surface area contributed by atoms with Gasteiger partial charge in [-0.05, 0) is 29.6 Å². The lowest BCUT2D eigenvalue weighted by molar-refractivity contribution is 0.0702. The Balaban J connectivity index is 1.43. The van der Waals surface area contributed by atoms with Gasteiger partial charge in [0.05, 0.1) is 26.0 Å². The molecule has 0 aliphatic carbocycles. The molecule has 2 aromatic heterocycles. The van der Waals surface area contributed by atoms with Crippen molar-refractivity contribution >= 4 is 61.8 Å². The third kappa shape index (κ3) is 4.21. The molecule has 1 fully saturated rings. The molecule has 29 heavy (non-hydrogen) atoms. The third-order valence-electron chi connectivity index (χ3n) is 4.50. The number of piperazine rings is 1. The lowest BCUT2D eigenvalue weighted by Gasteiger charge is -2.33. The number of aromatic nitrogens is 1. The minimum absolute atomic E-state index is 0.0923. The van der Waals surface area contributed by atoms with Crippen LogP contribution in [0.2, 0.25) is 10.0 Å². The molecule has 1 amide bonds. The number of benzene rings is 1. The summed E-state index contributed by atoms with van der Waals surface area (Å²) in [6, 6.07) is 8.15. The van der Waals surface area contributed by atoms with Gasteiger partial charge in [-0.1, -0.05) is 29.3 Å². The van der Waals surface area contributed by atoms with E-state index < -0.39 is 10.0 Å². The van der Waals surface area contributed by atoms with Gasteiger partial charge in [-0.25, -0.2) is 13.4 Å². The quantitative estimate of drug-likeness (QED) is 0.549. The summed E-state index contributed by atoms with van der Waals surface area (Å²) in [6.45, 7) is 1.05. The van der Waals surface area contributed by atoms with E-state index in [1.807, 2.05) is 17.5 Å². The highest BCUT2D eigenvalue weighted by atomic mass is 35.5. The highest BCUT2D eigenvalue weighted by molar-refractivity contribution is 7.89. The number of halogens is 2. The van der Waals surface area contributed by atoms with Crippen LogP contribution in [0.4, 0.5) is 0 Å². The number of carbonyl (C=O) groups is 1. The average molecular weight is 488 g/mol. The normalized spacial score (nSPS) is 15.6. The lowest BCUT2D eigenvalue weighted by atomic mass is 10.3. The Morgan fingerprint density at radius 2 is 1.83 bits per heavy atom. The Bertz CT molecular complexity index is 1140. The minimum Gasteiger partial charge on any atom is -0.335 e. The third-order valence-corrected chi connectivity index (χ3v) is 9.16. The van der Waals surface area contributed by atoms with E-state index >= 15 is 0 Å². The van der Waals surface area contributed by atoms with Gasteiger partial charge in [0.15, 0.2) is 0 Å². The molecule has 0 atom stereocenters. The van der Waals surface area contributed by atoms with Crippen LogP contribution in [-0.4, -0.2) is 54.7 Å². The van der Waals surface area contributed by atoms with Gasteiger partial charge in [0.1, 0.15) is 9.88 Å². The summed E-state index contributed by atoms with van der Waals surface area (Å²) in [7, 11) is -3.70. The number of thiophene rings is 1. The van der Waals surface area contributed by atoms with Gasteiger partial charge in [0.25, 0.3) is 5.91 Å². The number of rotatable bonds is 4. The molecule has 152 valence electrons. The van der Waals surface area contributed by atoms with Crippen LogP contribution >= 0.6 is 45.9 Å². The van der Waals surface area contributed by atoms with E-state index in [9.17, 15) is 13.2 Å². The van der Waals surface area contributed by atoms with Gasteiger partial charge in [-0.2, -0.15) is 4.31 Å². The first-order valence-corrected chi connectivity index (χ1v) is 12.5. The van der Waals surface area contributed by atoms with Crippen molar-refractivity contribution in [2.75, 3.05) is 26.2 Å². The molecule has 1 aromatic carbocycles. The highest BCUT2D eigenvalue weighted by Gasteiger charge is 2.31. The summed E-state index contributed by atoms with van der Waals surface area (Å²) in [5.74, 6) is -0.128. The molecule has 1 saturated heterocycles. The molecular formula is C18H15Cl2N3O3S3. The van der Waals surface area contributed by atoms with Crippen molar-refractivity contribution in [3.8, 4) is 9.88 Å². The summed E-state index contributed by atoms with van der Waals surface area (Å²) in [4.78, 5) is 20.4. The van der Waals surface area contributed by atoms with Gasteiger partial charge in [-0.3, -0.25) is 4.79 Å². The smallest absolute Gasteiger partial charge is 0.265 e. The Labute approximate surface area is 186 Å². The SMILES string of the molecule is O=C(c1cnc(-c2cccs2)s1)N1CCN(S(=O)(=O)c2ccc(Cl)c(Cl)c2)CC1. The fraction of sp³-hybridized carbons (Fsp3) is 0.222. The first-order valence-electron chi connectivity index (χ1n) is 8.60. The molecule has 11 heteroatoms. The van der Waals surface area contributed by atoms with E-state index in [-0.39, 0.29) is 28.9 Å². The molecule has 0 N–H and O–H groups in total. The summed E-state index contributed by atoms with van der Waals surface area (Å²) in [5.41, 5.74) is 0. The molecule has 0 bridgehead atoms. The Hall–Kier alpha value is -1.49. The maximum absolute atomic E-state index is 12.8. The summed E-state index contributed by atoms with van der Waals surface area (Å²) in [5, 5.41) is 3.26. The maximum Gasteiger partial charge on any atom is 0.265 e. The van der Waals surface area contributed by atoms with Crippen molar-refractivity contribution in [2.45, 2.75) is 4.90 Å². The molecule has 3 heterocycles. The molecule has 0 unspecified atom stereocenters. The van der Waals surface area contributed by atoms with Gasteiger partial charge in [0, 0.05) is 26.2 Å². The van der Waals surface area contributed by atoms with Crippen LogP contribution in [0.3, 0.4) is 0 Å². The second kappa shape index (κ2) is 8.33. The summed E-state index contributed by atoms with van der Waals surface area (Å²) >= 11 is 14.8. The molecule has 6 nitrogen and oxygen atoms in total. The summed E-state index contributed by atoms with van der Waals surface area (Å²) in [6.07, 6.45) is 1.58. The largest absolute Gasteiger partial charge is 0.335 e. The van der Waals surface area contributed by atoms with E-state index in [0.29, 0.717) is 23.0 Å². The monoisotopic (exact) mass is 487 g/mol. The topological polar surface area (TPSA) is 70.6 Å². The van der Waals surface area contributed by atoms with E-state index in [2.05, 4.69) is 4.98 Å². The van der Waals surface area contributed by atoms with E-state index in [0.717, 1.165) is 9.88 Å². The second-order valence-corrected chi connectivity index (χ2v) is 11.0. The maximum atomic E-state index is 12.8. The predicted octanol–water partition coefficient (Wildman–Crippen LogP) is 4.33. The molecule has 0 spiro atoms. The number of amides is 1. The average Bonchev–Trinajstić information content (AvgIpc) is 3.41. The van der Waals surface area contributed by atoms with E-state index in [1.165, 1.54) is 33.8 Å². The van der Waals surface area contributed by atoms with Gasteiger partial charge in [0.2, 0.25) is 10.0 Å². The Morgan fingerprint density at radius 3 is 2.48 bits per heavy atom. The van der Waals surface area contributed by atoms with Crippen LogP contribution < -0.4 is 0 Å². The van der Waals surface area contributed by atoms with Crippen molar-refractivity contribution in [1.29, 1.82) is 0 Å².